The van der Waals surface area contributed by atoms with Gasteiger partial charge >= 0.3 is 12.3 Å². The summed E-state index contributed by atoms with van der Waals surface area (Å²) in [6, 6.07) is 7.29. The molecule has 2 N–H and O–H groups in total. The Morgan fingerprint density at radius 1 is 1.16 bits per heavy atom. The summed E-state index contributed by atoms with van der Waals surface area (Å²) < 4.78 is 53.4. The number of aliphatic imine (C=N–C) groups is 1. The summed E-state index contributed by atoms with van der Waals surface area (Å²) in [4.78, 5) is 47.5. The molecule has 11 nitrogen and oxygen atoms in total. The number of aromatic amines is 2. The van der Waals surface area contributed by atoms with Crippen molar-refractivity contribution in [2.24, 2.45) is 10.9 Å². The van der Waals surface area contributed by atoms with Crippen molar-refractivity contribution in [2.45, 2.75) is 55.8 Å². The Bertz CT molecular complexity index is 1770. The number of H-pyrrole nitrogens is 2. The minimum absolute atomic E-state index is 0.0449. The van der Waals surface area contributed by atoms with E-state index in [2.05, 4.69) is 19.7 Å². The van der Waals surface area contributed by atoms with E-state index in [1.165, 1.54) is 18.2 Å². The summed E-state index contributed by atoms with van der Waals surface area (Å²) in [6.45, 7) is 7.84. The predicted octanol–water partition coefficient (Wildman–Crippen LogP) is 6.16. The molecule has 15 heteroatoms. The number of ether oxygens (including phenoxy) is 2. The molecule has 0 radical (unpaired) electrons. The Balaban J connectivity index is 1.31. The number of Topliss-reactive ketones (excluding diaryl/α,β-unsaturated/α-hetero) is 1. The number of hydrogen-bond acceptors (Lipinski definition) is 10. The minimum Gasteiger partial charge on any atom is -0.461 e. The van der Waals surface area contributed by atoms with E-state index in [1.807, 2.05) is 20.8 Å². The molecular weight excluding hydrogens is 603 g/mol. The highest BCUT2D eigenvalue weighted by Crippen LogP contribution is 2.47. The lowest BCUT2D eigenvalue weighted by Crippen LogP contribution is -2.52. The van der Waals surface area contributed by atoms with Crippen LogP contribution < -0.4 is 4.74 Å². The van der Waals surface area contributed by atoms with E-state index in [0.717, 1.165) is 11.8 Å². The van der Waals surface area contributed by atoms with Crippen molar-refractivity contribution >= 4 is 45.9 Å². The van der Waals surface area contributed by atoms with Crippen molar-refractivity contribution in [1.82, 2.24) is 20.0 Å². The van der Waals surface area contributed by atoms with Gasteiger partial charge < -0.3 is 23.9 Å². The maximum Gasteiger partial charge on any atom is 0.573 e. The molecular formula is C29H28F3N5O6S. The van der Waals surface area contributed by atoms with E-state index in [4.69, 9.17) is 19.0 Å². The average Bonchev–Trinajstić information content (AvgIpc) is 3.64. The Morgan fingerprint density at radius 2 is 1.95 bits per heavy atom. The van der Waals surface area contributed by atoms with Crippen molar-refractivity contribution in [1.29, 1.82) is 0 Å². The number of rotatable bonds is 7. The third-order valence-corrected chi connectivity index (χ3v) is 7.64. The number of aromatic nitrogens is 3. The molecule has 0 saturated carbocycles. The van der Waals surface area contributed by atoms with E-state index in [9.17, 15) is 22.8 Å². The maximum atomic E-state index is 13.6. The van der Waals surface area contributed by atoms with E-state index in [1.54, 1.807) is 30.3 Å². The van der Waals surface area contributed by atoms with Crippen LogP contribution in [-0.4, -0.2) is 69.1 Å². The number of esters is 1. The van der Waals surface area contributed by atoms with Crippen LogP contribution in [0.1, 0.15) is 55.4 Å². The zero-order chi connectivity index (χ0) is 31.4. The van der Waals surface area contributed by atoms with Crippen LogP contribution in [0, 0.1) is 5.92 Å². The second-order valence-corrected chi connectivity index (χ2v) is 12.2. The summed E-state index contributed by atoms with van der Waals surface area (Å²) in [5.41, 5.74) is 1.97. The molecule has 4 aromatic rings. The molecule has 44 heavy (non-hydrogen) atoms. The highest BCUT2D eigenvalue weighted by atomic mass is 32.2. The first-order chi connectivity index (χ1) is 20.8. The van der Waals surface area contributed by atoms with Gasteiger partial charge in [0.05, 0.1) is 53.9 Å². The molecule has 0 spiro atoms. The van der Waals surface area contributed by atoms with Gasteiger partial charge in [-0.25, -0.2) is 9.78 Å². The first kappa shape index (κ1) is 30.0. The Morgan fingerprint density at radius 3 is 2.68 bits per heavy atom. The van der Waals surface area contributed by atoms with Crippen LogP contribution in [0.2, 0.25) is 0 Å². The first-order valence-electron chi connectivity index (χ1n) is 13.7. The molecule has 6 rings (SSSR count). The Labute approximate surface area is 253 Å². The number of nitrogens with zero attached hydrogens (tertiary/aromatic N) is 3. The zero-order valence-corrected chi connectivity index (χ0v) is 24.9. The molecule has 2 unspecified atom stereocenters. The van der Waals surface area contributed by atoms with Gasteiger partial charge in [0.15, 0.2) is 21.7 Å². The standard InChI is InChI=1S/C29H28F3N5O6S/c1-5-40-26(39)25-24-15(11-33-25)22(23-18(34-24)12-37(13-19(23)38)43-28(2,3)4)20-8-9-21(41-20)44-27-35-16-7-6-14(10-17(16)36-27)42-29(30,31)32/h6-11,22-23,33H,5,12-13H2,1-4H3,(H,35,36). The molecule has 2 aliphatic rings. The highest BCUT2D eigenvalue weighted by Gasteiger charge is 2.46. The molecule has 2 aliphatic heterocycles. The number of imidazole rings is 1. The molecule has 3 aromatic heterocycles. The summed E-state index contributed by atoms with van der Waals surface area (Å²) in [5.74, 6) is -1.83. The molecule has 2 atom stereocenters. The van der Waals surface area contributed by atoms with Gasteiger partial charge in [0.25, 0.3) is 0 Å². The molecule has 1 saturated heterocycles. The van der Waals surface area contributed by atoms with Gasteiger partial charge in [-0.15, -0.1) is 13.2 Å². The van der Waals surface area contributed by atoms with Gasteiger partial charge in [0.2, 0.25) is 0 Å². The molecule has 5 heterocycles. The van der Waals surface area contributed by atoms with Crippen LogP contribution in [-0.2, 0) is 14.4 Å². The lowest BCUT2D eigenvalue weighted by atomic mass is 9.75. The summed E-state index contributed by atoms with van der Waals surface area (Å²) in [5, 5.41) is 2.39. The number of benzene rings is 1. The highest BCUT2D eigenvalue weighted by molar-refractivity contribution is 7.99. The summed E-state index contributed by atoms with van der Waals surface area (Å²) in [6.07, 6.45) is -3.17. The average molecular weight is 632 g/mol. The minimum atomic E-state index is -4.81. The third-order valence-electron chi connectivity index (χ3n) is 6.84. The normalized spacial score (nSPS) is 19.1. The number of halogens is 3. The molecule has 1 fully saturated rings. The lowest BCUT2D eigenvalue weighted by molar-refractivity contribution is -0.274. The summed E-state index contributed by atoms with van der Waals surface area (Å²) in [7, 11) is 0. The number of nitrogens with one attached hydrogen (secondary N) is 2. The van der Waals surface area contributed by atoms with Crippen LogP contribution in [0.25, 0.3) is 11.0 Å². The number of fused-ring (bicyclic) bond motifs is 3. The SMILES string of the molecule is CCOC(=O)c1[nH]cc2c1N=C1CN(OC(C)(C)C)CC(=O)C1C2c1ccc(Sc2nc3ccc(OC(F)(F)F)cc3[nH]2)o1. The van der Waals surface area contributed by atoms with E-state index in [0.29, 0.717) is 44.0 Å². The van der Waals surface area contributed by atoms with E-state index < -0.39 is 29.8 Å². The van der Waals surface area contributed by atoms with Crippen molar-refractivity contribution in [3.05, 3.63) is 53.5 Å². The van der Waals surface area contributed by atoms with E-state index >= 15 is 0 Å². The number of hydroxylamine groups is 2. The summed E-state index contributed by atoms with van der Waals surface area (Å²) >= 11 is 1.13. The fraction of sp³-hybridized carbons (Fsp3) is 0.379. The van der Waals surface area contributed by atoms with Crippen molar-refractivity contribution in [2.75, 3.05) is 19.7 Å². The number of hydrogen-bond donors (Lipinski definition) is 2. The van der Waals surface area contributed by atoms with Crippen LogP contribution in [0.5, 0.6) is 5.75 Å². The van der Waals surface area contributed by atoms with Gasteiger partial charge in [0.1, 0.15) is 11.5 Å². The number of alkyl halides is 3. The van der Waals surface area contributed by atoms with Crippen LogP contribution in [0.4, 0.5) is 18.9 Å². The Hall–Kier alpha value is -4.08. The number of ketones is 1. The van der Waals surface area contributed by atoms with Gasteiger partial charge in [-0.3, -0.25) is 14.6 Å². The van der Waals surface area contributed by atoms with Gasteiger partial charge in [-0.1, -0.05) is 0 Å². The molecule has 1 aromatic carbocycles. The molecule has 232 valence electrons. The fourth-order valence-corrected chi connectivity index (χ4v) is 6.15. The topological polar surface area (TPSA) is 135 Å². The van der Waals surface area contributed by atoms with Crippen LogP contribution in [0.3, 0.4) is 0 Å². The first-order valence-corrected chi connectivity index (χ1v) is 14.6. The van der Waals surface area contributed by atoms with E-state index in [-0.39, 0.29) is 36.9 Å². The second kappa shape index (κ2) is 11.1. The van der Waals surface area contributed by atoms with Gasteiger partial charge in [0, 0.05) is 23.5 Å². The third kappa shape index (κ3) is 6.12. The van der Waals surface area contributed by atoms with Crippen LogP contribution >= 0.6 is 11.8 Å². The zero-order valence-electron chi connectivity index (χ0n) is 24.1. The second-order valence-electron chi connectivity index (χ2n) is 11.2. The molecule has 0 amide bonds. The van der Waals surface area contributed by atoms with Crippen molar-refractivity contribution in [3.63, 3.8) is 0 Å². The number of furan rings is 1. The Kier molecular flexibility index (Phi) is 7.58. The largest absolute Gasteiger partial charge is 0.573 e. The van der Waals surface area contributed by atoms with Crippen molar-refractivity contribution < 1.29 is 41.5 Å². The number of carbonyl (C=O) groups is 2. The molecule has 0 aliphatic carbocycles. The number of piperidine rings is 1. The fourth-order valence-electron chi connectivity index (χ4n) is 5.38. The lowest BCUT2D eigenvalue weighted by Gasteiger charge is -2.39. The predicted molar refractivity (Wildman–Crippen MR) is 152 cm³/mol. The number of carbonyl (C=O) groups excluding carboxylic acids is 2. The quantitative estimate of drug-likeness (QED) is 0.230. The van der Waals surface area contributed by atoms with Gasteiger partial charge in [-0.2, -0.15) is 5.06 Å². The maximum absolute atomic E-state index is 13.6. The van der Waals surface area contributed by atoms with Crippen LogP contribution in [0.15, 0.2) is 56.2 Å². The molecule has 0 bridgehead atoms. The van der Waals surface area contributed by atoms with Gasteiger partial charge in [-0.05, 0) is 63.7 Å². The smallest absolute Gasteiger partial charge is 0.461 e. The van der Waals surface area contributed by atoms with Crippen molar-refractivity contribution in [3.8, 4) is 5.75 Å². The monoisotopic (exact) mass is 631 g/mol.